The molecule has 0 aromatic carbocycles. The number of esters is 1. The Bertz CT molecular complexity index is 482. The van der Waals surface area contributed by atoms with Crippen molar-refractivity contribution >= 4 is 11.9 Å². The van der Waals surface area contributed by atoms with Crippen LogP contribution in [-0.4, -0.2) is 23.1 Å². The van der Waals surface area contributed by atoms with Gasteiger partial charge >= 0.3 is 11.9 Å². The smallest absolute Gasteiger partial charge is 0.306 e. The molecule has 0 aliphatic carbocycles. The molecule has 1 unspecified atom stereocenters. The van der Waals surface area contributed by atoms with E-state index in [1.165, 1.54) is 44.9 Å². The van der Waals surface area contributed by atoms with Crippen molar-refractivity contribution in [3.63, 3.8) is 0 Å². The van der Waals surface area contributed by atoms with Gasteiger partial charge < -0.3 is 9.84 Å². The third kappa shape index (κ3) is 22.9. The zero-order valence-electron chi connectivity index (χ0n) is 20.3. The number of carboxylic acids is 1. The summed E-state index contributed by atoms with van der Waals surface area (Å²) in [5.74, 6) is -0.821. The van der Waals surface area contributed by atoms with E-state index in [9.17, 15) is 9.59 Å². The molecule has 0 aromatic rings. The van der Waals surface area contributed by atoms with Gasteiger partial charge in [-0.2, -0.15) is 0 Å². The minimum absolute atomic E-state index is 0.0915. The fourth-order valence-electron chi connectivity index (χ4n) is 3.48. The largest absolute Gasteiger partial charge is 0.481 e. The minimum atomic E-state index is -0.729. The molecular formula is C27H48O4. The SMILES string of the molecule is CCCCC/C=C\C/C=C\C(CCCCCCC(=O)O)OC(=O)CCCCCCCC. The van der Waals surface area contributed by atoms with Crippen LogP contribution in [0, 0.1) is 0 Å². The maximum Gasteiger partial charge on any atom is 0.306 e. The number of hydrogen-bond donors (Lipinski definition) is 1. The summed E-state index contributed by atoms with van der Waals surface area (Å²) in [5.41, 5.74) is 0. The molecule has 0 rings (SSSR count). The van der Waals surface area contributed by atoms with Crippen LogP contribution in [0.15, 0.2) is 24.3 Å². The standard InChI is InChI=1S/C27H48O4/c1-3-5-7-9-11-12-13-17-21-25(22-18-15-16-19-23-26(28)29)31-27(30)24-20-14-10-8-6-4-2/h11-12,17,21,25H,3-10,13-16,18-20,22-24H2,1-2H3,(H,28,29)/b12-11-,21-17-. The molecule has 0 radical (unpaired) electrons. The molecule has 0 bridgehead atoms. The number of rotatable bonds is 22. The third-order valence-electron chi connectivity index (χ3n) is 5.41. The van der Waals surface area contributed by atoms with Gasteiger partial charge in [0.25, 0.3) is 0 Å². The number of carbonyl (C=O) groups excluding carboxylic acids is 1. The summed E-state index contributed by atoms with van der Waals surface area (Å²) in [4.78, 5) is 22.8. The quantitative estimate of drug-likeness (QED) is 0.106. The summed E-state index contributed by atoms with van der Waals surface area (Å²) in [6.45, 7) is 4.42. The molecular weight excluding hydrogens is 388 g/mol. The van der Waals surface area contributed by atoms with Gasteiger partial charge in [0.1, 0.15) is 6.10 Å². The molecule has 0 aromatic heterocycles. The van der Waals surface area contributed by atoms with E-state index in [-0.39, 0.29) is 18.5 Å². The molecule has 0 aliphatic heterocycles. The van der Waals surface area contributed by atoms with E-state index in [2.05, 4.69) is 32.1 Å². The highest BCUT2D eigenvalue weighted by Crippen LogP contribution is 2.14. The Morgan fingerprint density at radius 2 is 1.35 bits per heavy atom. The van der Waals surface area contributed by atoms with Crippen molar-refractivity contribution in [2.75, 3.05) is 0 Å². The molecule has 180 valence electrons. The number of ether oxygens (including phenoxy) is 1. The van der Waals surface area contributed by atoms with E-state index in [4.69, 9.17) is 9.84 Å². The number of aliphatic carboxylic acids is 1. The van der Waals surface area contributed by atoms with Crippen molar-refractivity contribution in [1.82, 2.24) is 0 Å². The molecule has 1 atom stereocenters. The van der Waals surface area contributed by atoms with Crippen LogP contribution < -0.4 is 0 Å². The van der Waals surface area contributed by atoms with Gasteiger partial charge in [-0.05, 0) is 51.0 Å². The second kappa shape index (κ2) is 23.1. The summed E-state index contributed by atoms with van der Waals surface area (Å²) in [7, 11) is 0. The third-order valence-corrected chi connectivity index (χ3v) is 5.41. The Labute approximate surface area is 191 Å². The summed E-state index contributed by atoms with van der Waals surface area (Å²) in [6.07, 6.45) is 26.3. The van der Waals surface area contributed by atoms with Crippen molar-refractivity contribution < 1.29 is 19.4 Å². The van der Waals surface area contributed by atoms with Gasteiger partial charge in [0.15, 0.2) is 0 Å². The van der Waals surface area contributed by atoms with E-state index >= 15 is 0 Å². The molecule has 31 heavy (non-hydrogen) atoms. The van der Waals surface area contributed by atoms with Crippen molar-refractivity contribution in [1.29, 1.82) is 0 Å². The van der Waals surface area contributed by atoms with Crippen LogP contribution in [0.3, 0.4) is 0 Å². The molecule has 0 spiro atoms. The zero-order chi connectivity index (χ0) is 23.0. The molecule has 0 heterocycles. The number of unbranched alkanes of at least 4 members (excludes halogenated alkanes) is 11. The number of carboxylic acid groups (broad SMARTS) is 1. The van der Waals surface area contributed by atoms with Crippen molar-refractivity contribution in [3.8, 4) is 0 Å². The lowest BCUT2D eigenvalue weighted by molar-refractivity contribution is -0.147. The van der Waals surface area contributed by atoms with Crippen LogP contribution in [0.2, 0.25) is 0 Å². The molecule has 4 nitrogen and oxygen atoms in total. The highest BCUT2D eigenvalue weighted by atomic mass is 16.5. The first-order chi connectivity index (χ1) is 15.1. The van der Waals surface area contributed by atoms with E-state index in [1.807, 2.05) is 6.08 Å². The predicted octanol–water partition coefficient (Wildman–Crippen LogP) is 8.16. The predicted molar refractivity (Wildman–Crippen MR) is 130 cm³/mol. The second-order valence-corrected chi connectivity index (χ2v) is 8.52. The van der Waals surface area contributed by atoms with Gasteiger partial charge in [-0.3, -0.25) is 9.59 Å². The maximum absolute atomic E-state index is 12.3. The molecule has 0 fully saturated rings. The average molecular weight is 437 g/mol. The van der Waals surface area contributed by atoms with E-state index < -0.39 is 5.97 Å². The van der Waals surface area contributed by atoms with E-state index in [0.717, 1.165) is 57.8 Å². The van der Waals surface area contributed by atoms with Crippen molar-refractivity contribution in [3.05, 3.63) is 24.3 Å². The van der Waals surface area contributed by atoms with E-state index in [1.54, 1.807) is 0 Å². The summed E-state index contributed by atoms with van der Waals surface area (Å²) in [5, 5.41) is 8.72. The zero-order valence-corrected chi connectivity index (χ0v) is 20.3. The van der Waals surface area contributed by atoms with Crippen LogP contribution >= 0.6 is 0 Å². The molecule has 1 N–H and O–H groups in total. The van der Waals surface area contributed by atoms with Crippen LogP contribution in [0.25, 0.3) is 0 Å². The van der Waals surface area contributed by atoms with Gasteiger partial charge in [0, 0.05) is 12.8 Å². The summed E-state index contributed by atoms with van der Waals surface area (Å²) < 4.78 is 5.74. The lowest BCUT2D eigenvalue weighted by atomic mass is 10.1. The number of hydrogen-bond acceptors (Lipinski definition) is 3. The monoisotopic (exact) mass is 436 g/mol. The molecule has 0 amide bonds. The highest BCUT2D eigenvalue weighted by Gasteiger charge is 2.11. The molecule has 0 saturated carbocycles. The Morgan fingerprint density at radius 3 is 2.06 bits per heavy atom. The second-order valence-electron chi connectivity index (χ2n) is 8.52. The minimum Gasteiger partial charge on any atom is -0.481 e. The van der Waals surface area contributed by atoms with Crippen LogP contribution in [0.1, 0.15) is 129 Å². The lowest BCUT2D eigenvalue weighted by Gasteiger charge is -2.14. The average Bonchev–Trinajstić information content (AvgIpc) is 2.74. The Hall–Kier alpha value is -1.58. The maximum atomic E-state index is 12.3. The normalized spacial score (nSPS) is 12.6. The van der Waals surface area contributed by atoms with E-state index in [0.29, 0.717) is 6.42 Å². The first-order valence-electron chi connectivity index (χ1n) is 12.8. The Morgan fingerprint density at radius 1 is 0.742 bits per heavy atom. The van der Waals surface area contributed by atoms with Gasteiger partial charge in [0.05, 0.1) is 0 Å². The van der Waals surface area contributed by atoms with Crippen LogP contribution in [-0.2, 0) is 14.3 Å². The fraction of sp³-hybridized carbons (Fsp3) is 0.778. The van der Waals surface area contributed by atoms with Crippen LogP contribution in [0.4, 0.5) is 0 Å². The first kappa shape index (κ1) is 29.4. The summed E-state index contributed by atoms with van der Waals surface area (Å²) in [6, 6.07) is 0. The van der Waals surface area contributed by atoms with Gasteiger partial charge in [-0.1, -0.05) is 89.9 Å². The number of carbonyl (C=O) groups is 2. The highest BCUT2D eigenvalue weighted by molar-refractivity contribution is 5.69. The van der Waals surface area contributed by atoms with Gasteiger partial charge in [-0.15, -0.1) is 0 Å². The van der Waals surface area contributed by atoms with Gasteiger partial charge in [0.2, 0.25) is 0 Å². The summed E-state index contributed by atoms with van der Waals surface area (Å²) >= 11 is 0. The Balaban J connectivity index is 4.26. The van der Waals surface area contributed by atoms with Crippen LogP contribution in [0.5, 0.6) is 0 Å². The molecule has 0 aliphatic rings. The Kier molecular flexibility index (Phi) is 21.9. The topological polar surface area (TPSA) is 63.6 Å². The number of allylic oxidation sites excluding steroid dienone is 3. The molecule has 4 heteroatoms. The van der Waals surface area contributed by atoms with Gasteiger partial charge in [-0.25, -0.2) is 0 Å². The fourth-order valence-corrected chi connectivity index (χ4v) is 3.48. The lowest BCUT2D eigenvalue weighted by Crippen LogP contribution is -2.16. The van der Waals surface area contributed by atoms with Crippen molar-refractivity contribution in [2.24, 2.45) is 0 Å². The van der Waals surface area contributed by atoms with Crippen molar-refractivity contribution in [2.45, 2.75) is 136 Å². The molecule has 0 saturated heterocycles. The first-order valence-corrected chi connectivity index (χ1v) is 12.8.